The number of aromatic nitrogens is 3. The van der Waals surface area contributed by atoms with Crippen molar-refractivity contribution >= 4 is 23.4 Å². The molecule has 0 saturated carbocycles. The number of para-hydroxylation sites is 1. The maximum atomic E-state index is 12.6. The molecule has 0 bridgehead atoms. The number of carbonyl (C=O) groups excluding carboxylic acids is 1. The number of nitrogens with zero attached hydrogens (tertiary/aromatic N) is 3. The van der Waals surface area contributed by atoms with Crippen LogP contribution in [0.15, 0.2) is 71.9 Å². The molecule has 3 aromatic carbocycles. The van der Waals surface area contributed by atoms with Gasteiger partial charge in [-0.05, 0) is 62.2 Å². The lowest BCUT2D eigenvalue weighted by molar-refractivity contribution is -0.113. The highest BCUT2D eigenvalue weighted by molar-refractivity contribution is 7.99. The van der Waals surface area contributed by atoms with Crippen molar-refractivity contribution in [2.24, 2.45) is 0 Å². The lowest BCUT2D eigenvalue weighted by Crippen LogP contribution is -2.15. The van der Waals surface area contributed by atoms with Crippen LogP contribution in [-0.4, -0.2) is 31.5 Å². The Morgan fingerprint density at radius 1 is 0.969 bits per heavy atom. The molecule has 0 atom stereocenters. The predicted octanol–water partition coefficient (Wildman–Crippen LogP) is 5.30. The lowest BCUT2D eigenvalue weighted by atomic mass is 10.1. The summed E-state index contributed by atoms with van der Waals surface area (Å²) >= 11 is 1.30. The van der Waals surface area contributed by atoms with Crippen molar-refractivity contribution < 1.29 is 9.90 Å². The molecule has 4 aromatic rings. The number of anilines is 1. The van der Waals surface area contributed by atoms with Gasteiger partial charge in [-0.25, -0.2) is 0 Å². The zero-order valence-electron chi connectivity index (χ0n) is 18.2. The molecule has 7 heteroatoms. The molecule has 4 rings (SSSR count). The Kier molecular flexibility index (Phi) is 6.28. The molecule has 0 spiro atoms. The molecule has 0 fully saturated rings. The molecule has 0 unspecified atom stereocenters. The fourth-order valence-electron chi connectivity index (χ4n) is 3.31. The van der Waals surface area contributed by atoms with Gasteiger partial charge in [0.1, 0.15) is 5.75 Å². The van der Waals surface area contributed by atoms with Crippen LogP contribution in [0.1, 0.15) is 16.7 Å². The predicted molar refractivity (Wildman–Crippen MR) is 128 cm³/mol. The molecule has 0 saturated heterocycles. The van der Waals surface area contributed by atoms with Crippen LogP contribution < -0.4 is 5.32 Å². The zero-order chi connectivity index (χ0) is 22.7. The lowest BCUT2D eigenvalue weighted by Gasteiger charge is -2.12. The summed E-state index contributed by atoms with van der Waals surface area (Å²) in [6.45, 7) is 5.98. The maximum absolute atomic E-state index is 12.6. The van der Waals surface area contributed by atoms with Crippen LogP contribution in [-0.2, 0) is 4.79 Å². The minimum Gasteiger partial charge on any atom is -0.507 e. The van der Waals surface area contributed by atoms with Crippen LogP contribution in [0.2, 0.25) is 0 Å². The number of thioether (sulfide) groups is 1. The van der Waals surface area contributed by atoms with Gasteiger partial charge < -0.3 is 10.4 Å². The third-order valence-corrected chi connectivity index (χ3v) is 6.00. The van der Waals surface area contributed by atoms with Crippen LogP contribution in [0.5, 0.6) is 5.75 Å². The normalized spacial score (nSPS) is 10.8. The average molecular weight is 445 g/mol. The third kappa shape index (κ3) is 4.68. The van der Waals surface area contributed by atoms with E-state index in [0.29, 0.717) is 16.5 Å². The fraction of sp³-hybridized carbons (Fsp3) is 0.160. The van der Waals surface area contributed by atoms with E-state index in [1.54, 1.807) is 18.2 Å². The van der Waals surface area contributed by atoms with E-state index in [9.17, 15) is 9.90 Å². The van der Waals surface area contributed by atoms with Crippen molar-refractivity contribution in [2.75, 3.05) is 11.1 Å². The highest BCUT2D eigenvalue weighted by atomic mass is 32.2. The van der Waals surface area contributed by atoms with E-state index in [4.69, 9.17) is 0 Å². The smallest absolute Gasteiger partial charge is 0.234 e. The summed E-state index contributed by atoms with van der Waals surface area (Å²) in [7, 11) is 0. The summed E-state index contributed by atoms with van der Waals surface area (Å²) in [5.74, 6) is 0.700. The molecule has 1 amide bonds. The summed E-state index contributed by atoms with van der Waals surface area (Å²) in [5.41, 5.74) is 5.48. The van der Waals surface area contributed by atoms with Gasteiger partial charge in [-0.15, -0.1) is 10.2 Å². The maximum Gasteiger partial charge on any atom is 0.234 e. The largest absolute Gasteiger partial charge is 0.507 e. The first-order valence-electron chi connectivity index (χ1n) is 10.2. The van der Waals surface area contributed by atoms with E-state index in [0.717, 1.165) is 28.1 Å². The Hall–Kier alpha value is -3.58. The SMILES string of the molecule is Cc1ccc(-n2c(SCC(=O)Nc3cc(C)ccc3C)nnc2-c2ccccc2O)cc1. The van der Waals surface area contributed by atoms with E-state index in [1.807, 2.05) is 73.9 Å². The standard InChI is InChI=1S/C25H24N4O2S/c1-16-9-12-19(13-10-16)29-24(20-6-4-5-7-22(20)30)27-28-25(29)32-15-23(31)26-21-14-17(2)8-11-18(21)3/h4-14,30H,15H2,1-3H3,(H,26,31). The van der Waals surface area contributed by atoms with Gasteiger partial charge in [0.15, 0.2) is 11.0 Å². The number of nitrogens with one attached hydrogen (secondary N) is 1. The molecule has 0 radical (unpaired) electrons. The van der Waals surface area contributed by atoms with Gasteiger partial charge in [-0.1, -0.05) is 53.7 Å². The molecule has 6 nitrogen and oxygen atoms in total. The van der Waals surface area contributed by atoms with Crippen molar-refractivity contribution in [1.29, 1.82) is 0 Å². The minimum absolute atomic E-state index is 0.119. The number of hydrogen-bond donors (Lipinski definition) is 2. The van der Waals surface area contributed by atoms with Crippen LogP contribution in [0.3, 0.4) is 0 Å². The summed E-state index contributed by atoms with van der Waals surface area (Å²) < 4.78 is 1.87. The second-order valence-electron chi connectivity index (χ2n) is 7.65. The number of amides is 1. The van der Waals surface area contributed by atoms with Gasteiger partial charge >= 0.3 is 0 Å². The highest BCUT2D eigenvalue weighted by Gasteiger charge is 2.19. The summed E-state index contributed by atoms with van der Waals surface area (Å²) in [6.07, 6.45) is 0. The van der Waals surface area contributed by atoms with Crippen molar-refractivity contribution in [1.82, 2.24) is 14.8 Å². The molecule has 162 valence electrons. The van der Waals surface area contributed by atoms with Crippen molar-refractivity contribution in [3.63, 3.8) is 0 Å². The molecule has 2 N–H and O–H groups in total. The van der Waals surface area contributed by atoms with E-state index < -0.39 is 0 Å². The Morgan fingerprint density at radius 2 is 1.69 bits per heavy atom. The number of rotatable bonds is 6. The molecule has 0 aliphatic carbocycles. The number of carbonyl (C=O) groups is 1. The van der Waals surface area contributed by atoms with Gasteiger partial charge in [0.2, 0.25) is 5.91 Å². The molecule has 32 heavy (non-hydrogen) atoms. The first kappa shape index (κ1) is 21.6. The van der Waals surface area contributed by atoms with Crippen molar-refractivity contribution in [2.45, 2.75) is 25.9 Å². The van der Waals surface area contributed by atoms with E-state index in [1.165, 1.54) is 11.8 Å². The van der Waals surface area contributed by atoms with Crippen LogP contribution >= 0.6 is 11.8 Å². The van der Waals surface area contributed by atoms with Gasteiger partial charge in [-0.2, -0.15) is 0 Å². The monoisotopic (exact) mass is 444 g/mol. The summed E-state index contributed by atoms with van der Waals surface area (Å²) in [5, 5.41) is 22.6. The first-order valence-corrected chi connectivity index (χ1v) is 11.2. The van der Waals surface area contributed by atoms with Crippen LogP contribution in [0.25, 0.3) is 17.1 Å². The van der Waals surface area contributed by atoms with Crippen molar-refractivity contribution in [3.8, 4) is 22.8 Å². The highest BCUT2D eigenvalue weighted by Crippen LogP contribution is 2.32. The van der Waals surface area contributed by atoms with Crippen LogP contribution in [0, 0.1) is 20.8 Å². The first-order chi connectivity index (χ1) is 15.4. The van der Waals surface area contributed by atoms with E-state index in [-0.39, 0.29) is 17.4 Å². The second-order valence-corrected chi connectivity index (χ2v) is 8.59. The fourth-order valence-corrected chi connectivity index (χ4v) is 4.07. The van der Waals surface area contributed by atoms with Gasteiger partial charge in [0.25, 0.3) is 0 Å². The quantitative estimate of drug-likeness (QED) is 0.395. The molecule has 1 aromatic heterocycles. The number of aryl methyl sites for hydroxylation is 3. The average Bonchev–Trinajstić information content (AvgIpc) is 3.19. The third-order valence-electron chi connectivity index (χ3n) is 5.07. The van der Waals surface area contributed by atoms with Crippen LogP contribution in [0.4, 0.5) is 5.69 Å². The van der Waals surface area contributed by atoms with Gasteiger partial charge in [-0.3, -0.25) is 9.36 Å². The Bertz CT molecular complexity index is 1270. The topological polar surface area (TPSA) is 80.0 Å². The minimum atomic E-state index is -0.119. The molecular weight excluding hydrogens is 420 g/mol. The zero-order valence-corrected chi connectivity index (χ0v) is 19.0. The molecule has 1 heterocycles. The number of hydrogen-bond acceptors (Lipinski definition) is 5. The van der Waals surface area contributed by atoms with Gasteiger partial charge in [0.05, 0.1) is 11.3 Å². The van der Waals surface area contributed by atoms with E-state index in [2.05, 4.69) is 15.5 Å². The number of benzene rings is 3. The van der Waals surface area contributed by atoms with E-state index >= 15 is 0 Å². The number of aromatic hydroxyl groups is 1. The number of phenolic OH excluding ortho intramolecular Hbond substituents is 1. The molecule has 0 aliphatic rings. The molecule has 0 aliphatic heterocycles. The Labute approximate surface area is 191 Å². The van der Waals surface area contributed by atoms with Crippen molar-refractivity contribution in [3.05, 3.63) is 83.4 Å². The number of phenols is 1. The molecular formula is C25H24N4O2S. The van der Waals surface area contributed by atoms with Gasteiger partial charge in [0, 0.05) is 11.4 Å². The Balaban J connectivity index is 1.62. The Morgan fingerprint density at radius 3 is 2.44 bits per heavy atom. The second kappa shape index (κ2) is 9.28. The summed E-state index contributed by atoms with van der Waals surface area (Å²) in [4.78, 5) is 12.6. The summed E-state index contributed by atoms with van der Waals surface area (Å²) in [6, 6.07) is 21.0.